The summed E-state index contributed by atoms with van der Waals surface area (Å²) in [6.07, 6.45) is 3.60. The fourth-order valence-electron chi connectivity index (χ4n) is 1.77. The van der Waals surface area contributed by atoms with Gasteiger partial charge in [0.05, 0.1) is 11.6 Å². The lowest BCUT2D eigenvalue weighted by molar-refractivity contribution is 0.573. The standard InChI is InChI=1S/C15H14ClN3/c1-11(13-3-2-6-18-9-13)19-10-14-5-4-12(8-17)7-15(14)16/h2-7,9,11,19H,10H2,1H3/t11-/m1/s1. The van der Waals surface area contributed by atoms with Crippen LogP contribution in [0.25, 0.3) is 0 Å². The molecule has 0 saturated carbocycles. The Morgan fingerprint density at radius 1 is 1.42 bits per heavy atom. The Morgan fingerprint density at radius 3 is 2.89 bits per heavy atom. The van der Waals surface area contributed by atoms with Crippen molar-refractivity contribution in [3.8, 4) is 6.07 Å². The van der Waals surface area contributed by atoms with Gasteiger partial charge in [0.2, 0.25) is 0 Å². The largest absolute Gasteiger partial charge is 0.306 e. The lowest BCUT2D eigenvalue weighted by Gasteiger charge is -2.14. The molecule has 1 aromatic carbocycles. The average Bonchev–Trinajstić information content (AvgIpc) is 2.46. The number of rotatable bonds is 4. The maximum absolute atomic E-state index is 8.79. The first-order valence-electron chi connectivity index (χ1n) is 6.02. The zero-order valence-electron chi connectivity index (χ0n) is 10.6. The number of nitrogens with one attached hydrogen (secondary N) is 1. The van der Waals surface area contributed by atoms with Crippen LogP contribution in [0.2, 0.25) is 5.02 Å². The average molecular weight is 272 g/mol. The molecule has 0 aliphatic rings. The molecule has 0 aliphatic carbocycles. The molecule has 2 rings (SSSR count). The highest BCUT2D eigenvalue weighted by Gasteiger charge is 2.06. The molecule has 0 spiro atoms. The topological polar surface area (TPSA) is 48.7 Å². The monoisotopic (exact) mass is 271 g/mol. The molecule has 0 radical (unpaired) electrons. The number of hydrogen-bond donors (Lipinski definition) is 1. The summed E-state index contributed by atoms with van der Waals surface area (Å²) in [6, 6.07) is 11.6. The fourth-order valence-corrected chi connectivity index (χ4v) is 2.02. The van der Waals surface area contributed by atoms with Crippen LogP contribution in [0.5, 0.6) is 0 Å². The summed E-state index contributed by atoms with van der Waals surface area (Å²) in [5.74, 6) is 0. The first kappa shape index (κ1) is 13.5. The molecule has 19 heavy (non-hydrogen) atoms. The zero-order chi connectivity index (χ0) is 13.7. The van der Waals surface area contributed by atoms with Gasteiger partial charge in [0.25, 0.3) is 0 Å². The van der Waals surface area contributed by atoms with Crippen molar-refractivity contribution >= 4 is 11.6 Å². The van der Waals surface area contributed by atoms with Crippen LogP contribution in [0.15, 0.2) is 42.7 Å². The van der Waals surface area contributed by atoms with Gasteiger partial charge in [-0.3, -0.25) is 4.98 Å². The molecule has 0 fully saturated rings. The van der Waals surface area contributed by atoms with E-state index >= 15 is 0 Å². The molecule has 0 amide bonds. The maximum atomic E-state index is 8.79. The summed E-state index contributed by atoms with van der Waals surface area (Å²) in [5, 5.41) is 12.8. The molecule has 0 aliphatic heterocycles. The predicted molar refractivity (Wildman–Crippen MR) is 75.7 cm³/mol. The number of hydrogen-bond acceptors (Lipinski definition) is 3. The summed E-state index contributed by atoms with van der Waals surface area (Å²) in [5.41, 5.74) is 2.69. The number of pyridine rings is 1. The second-order valence-electron chi connectivity index (χ2n) is 4.31. The quantitative estimate of drug-likeness (QED) is 0.926. The van der Waals surface area contributed by atoms with E-state index in [9.17, 15) is 0 Å². The fraction of sp³-hybridized carbons (Fsp3) is 0.200. The first-order chi connectivity index (χ1) is 9.20. The third-order valence-electron chi connectivity index (χ3n) is 2.97. The molecule has 0 bridgehead atoms. The van der Waals surface area contributed by atoms with Gasteiger partial charge < -0.3 is 5.32 Å². The second kappa shape index (κ2) is 6.33. The molecule has 3 nitrogen and oxygen atoms in total. The van der Waals surface area contributed by atoms with E-state index in [0.29, 0.717) is 17.1 Å². The van der Waals surface area contributed by atoms with Crippen LogP contribution in [0.1, 0.15) is 29.7 Å². The van der Waals surface area contributed by atoms with Crippen LogP contribution in [0.4, 0.5) is 0 Å². The van der Waals surface area contributed by atoms with Crippen LogP contribution in [0, 0.1) is 11.3 Å². The molecule has 0 saturated heterocycles. The molecular formula is C15H14ClN3. The van der Waals surface area contributed by atoms with Gasteiger partial charge in [-0.1, -0.05) is 23.7 Å². The summed E-state index contributed by atoms with van der Waals surface area (Å²) >= 11 is 6.13. The Balaban J connectivity index is 2.01. The van der Waals surface area contributed by atoms with E-state index in [2.05, 4.69) is 23.3 Å². The highest BCUT2D eigenvalue weighted by Crippen LogP contribution is 2.19. The third-order valence-corrected chi connectivity index (χ3v) is 3.32. The van der Waals surface area contributed by atoms with Crippen LogP contribution < -0.4 is 5.32 Å². The number of benzene rings is 1. The molecule has 4 heteroatoms. The van der Waals surface area contributed by atoms with E-state index in [4.69, 9.17) is 16.9 Å². The minimum atomic E-state index is 0.195. The Bertz CT molecular complexity index is 590. The highest BCUT2D eigenvalue weighted by atomic mass is 35.5. The molecule has 1 heterocycles. The lowest BCUT2D eigenvalue weighted by Crippen LogP contribution is -2.18. The van der Waals surface area contributed by atoms with Crippen LogP contribution in [-0.4, -0.2) is 4.98 Å². The third kappa shape index (κ3) is 3.54. The van der Waals surface area contributed by atoms with Crippen molar-refractivity contribution in [2.75, 3.05) is 0 Å². The van der Waals surface area contributed by atoms with Gasteiger partial charge in [-0.2, -0.15) is 5.26 Å². The number of halogens is 1. The summed E-state index contributed by atoms with van der Waals surface area (Å²) < 4.78 is 0. The first-order valence-corrected chi connectivity index (χ1v) is 6.40. The Morgan fingerprint density at radius 2 is 2.26 bits per heavy atom. The van der Waals surface area contributed by atoms with Gasteiger partial charge in [-0.25, -0.2) is 0 Å². The summed E-state index contributed by atoms with van der Waals surface area (Å²) in [6.45, 7) is 2.73. The van der Waals surface area contributed by atoms with E-state index in [1.54, 1.807) is 18.3 Å². The number of aromatic nitrogens is 1. The highest BCUT2D eigenvalue weighted by molar-refractivity contribution is 6.31. The van der Waals surface area contributed by atoms with Crippen LogP contribution in [0.3, 0.4) is 0 Å². The molecule has 1 aromatic heterocycles. The van der Waals surface area contributed by atoms with Crippen molar-refractivity contribution < 1.29 is 0 Å². The molecular weight excluding hydrogens is 258 g/mol. The van der Waals surface area contributed by atoms with Crippen molar-refractivity contribution in [3.63, 3.8) is 0 Å². The summed E-state index contributed by atoms with van der Waals surface area (Å²) in [4.78, 5) is 4.10. The van der Waals surface area contributed by atoms with Crippen molar-refractivity contribution in [1.82, 2.24) is 10.3 Å². The molecule has 2 aromatic rings. The van der Waals surface area contributed by atoms with E-state index in [-0.39, 0.29) is 6.04 Å². The Hall–Kier alpha value is -1.89. The smallest absolute Gasteiger partial charge is 0.0992 e. The van der Waals surface area contributed by atoms with Crippen LogP contribution >= 0.6 is 11.6 Å². The Kier molecular flexibility index (Phi) is 4.51. The van der Waals surface area contributed by atoms with Crippen molar-refractivity contribution in [3.05, 3.63) is 64.4 Å². The van der Waals surface area contributed by atoms with Gasteiger partial charge in [0.1, 0.15) is 0 Å². The molecule has 1 N–H and O–H groups in total. The minimum absolute atomic E-state index is 0.195. The number of nitriles is 1. The van der Waals surface area contributed by atoms with Gasteiger partial charge in [-0.15, -0.1) is 0 Å². The minimum Gasteiger partial charge on any atom is -0.306 e. The van der Waals surface area contributed by atoms with E-state index in [1.807, 2.05) is 24.4 Å². The van der Waals surface area contributed by atoms with Crippen molar-refractivity contribution in [2.24, 2.45) is 0 Å². The van der Waals surface area contributed by atoms with E-state index in [0.717, 1.165) is 11.1 Å². The summed E-state index contributed by atoms with van der Waals surface area (Å²) in [7, 11) is 0. The zero-order valence-corrected chi connectivity index (χ0v) is 11.4. The number of nitrogens with zero attached hydrogens (tertiary/aromatic N) is 2. The SMILES string of the molecule is C[C@@H](NCc1ccc(C#N)cc1Cl)c1cccnc1. The van der Waals surface area contributed by atoms with Crippen LogP contribution in [-0.2, 0) is 6.54 Å². The molecule has 96 valence electrons. The second-order valence-corrected chi connectivity index (χ2v) is 4.71. The van der Waals surface area contributed by atoms with Crippen molar-refractivity contribution in [2.45, 2.75) is 19.5 Å². The van der Waals surface area contributed by atoms with Gasteiger partial charge in [0, 0.05) is 30.0 Å². The molecule has 0 unspecified atom stereocenters. The van der Waals surface area contributed by atoms with Gasteiger partial charge in [-0.05, 0) is 36.2 Å². The van der Waals surface area contributed by atoms with Gasteiger partial charge >= 0.3 is 0 Å². The van der Waals surface area contributed by atoms with E-state index in [1.165, 1.54) is 0 Å². The van der Waals surface area contributed by atoms with Gasteiger partial charge in [0.15, 0.2) is 0 Å². The Labute approximate surface area is 117 Å². The molecule has 1 atom stereocenters. The predicted octanol–water partition coefficient (Wildman–Crippen LogP) is 3.46. The normalized spacial score (nSPS) is 11.8. The lowest BCUT2D eigenvalue weighted by atomic mass is 10.1. The maximum Gasteiger partial charge on any atom is 0.0992 e. The van der Waals surface area contributed by atoms with Crippen molar-refractivity contribution in [1.29, 1.82) is 5.26 Å². The van der Waals surface area contributed by atoms with E-state index < -0.39 is 0 Å².